The number of unbranched alkanes of at least 4 members (excludes halogenated alkanes) is 2. The first kappa shape index (κ1) is 16.7. The van der Waals surface area contributed by atoms with Crippen LogP contribution in [0.3, 0.4) is 0 Å². The lowest BCUT2D eigenvalue weighted by Crippen LogP contribution is -2.05. The molecule has 2 heteroatoms. The smallest absolute Gasteiger partial charge is 0.335 e. The van der Waals surface area contributed by atoms with Gasteiger partial charge in [0.25, 0.3) is 0 Å². The Morgan fingerprint density at radius 2 is 1.75 bits per heavy atom. The Labute approximate surface area is 123 Å². The van der Waals surface area contributed by atoms with Gasteiger partial charge in [0, 0.05) is 0 Å². The Bertz CT molecular complexity index is 353. The van der Waals surface area contributed by atoms with Gasteiger partial charge in [0.1, 0.15) is 0 Å². The zero-order valence-corrected chi connectivity index (χ0v) is 12.7. The number of hydrogen-bond acceptors (Lipinski definition) is 1. The summed E-state index contributed by atoms with van der Waals surface area (Å²) in [6.07, 6.45) is 13.4. The molecule has 0 unspecified atom stereocenters. The van der Waals surface area contributed by atoms with Crippen LogP contribution in [0.1, 0.15) is 75.1 Å². The molecule has 112 valence electrons. The van der Waals surface area contributed by atoms with E-state index in [2.05, 4.69) is 6.92 Å². The highest BCUT2D eigenvalue weighted by Crippen LogP contribution is 2.27. The van der Waals surface area contributed by atoms with Gasteiger partial charge in [-0.05, 0) is 18.1 Å². The molecule has 0 amide bonds. The Hall–Kier alpha value is -1.31. The van der Waals surface area contributed by atoms with Crippen LogP contribution in [0.4, 0.5) is 0 Å². The number of rotatable bonds is 5. The Kier molecular flexibility index (Phi) is 8.77. The summed E-state index contributed by atoms with van der Waals surface area (Å²) in [6.45, 7) is 2.29. The number of carboxylic acids is 1. The molecule has 20 heavy (non-hydrogen) atoms. The molecule has 0 bridgehead atoms. The average molecular weight is 276 g/mol. The van der Waals surface area contributed by atoms with E-state index in [1.165, 1.54) is 57.8 Å². The molecule has 0 saturated heterocycles. The van der Waals surface area contributed by atoms with E-state index in [0.29, 0.717) is 5.56 Å². The molecule has 1 aromatic rings. The topological polar surface area (TPSA) is 37.3 Å². The number of benzene rings is 1. The van der Waals surface area contributed by atoms with Crippen LogP contribution >= 0.6 is 0 Å². The van der Waals surface area contributed by atoms with Crippen molar-refractivity contribution in [2.75, 3.05) is 0 Å². The van der Waals surface area contributed by atoms with E-state index in [0.717, 1.165) is 5.92 Å². The van der Waals surface area contributed by atoms with Gasteiger partial charge in [-0.15, -0.1) is 0 Å². The van der Waals surface area contributed by atoms with Gasteiger partial charge in [-0.2, -0.15) is 0 Å². The molecule has 0 heterocycles. The standard InChI is InChI=1S/C11H22.C7H6O2/c1-2-3-5-8-11-9-6-4-7-10-11;8-7(9)6-4-2-1-3-5-6/h11H,2-10H2,1H3;1-5H,(H,8,9). The van der Waals surface area contributed by atoms with Crippen molar-refractivity contribution >= 4 is 5.97 Å². The van der Waals surface area contributed by atoms with Crippen LogP contribution in [0.5, 0.6) is 0 Å². The van der Waals surface area contributed by atoms with Gasteiger partial charge in [0.15, 0.2) is 0 Å². The summed E-state index contributed by atoms with van der Waals surface area (Å²) in [5, 5.41) is 8.38. The van der Waals surface area contributed by atoms with Crippen LogP contribution < -0.4 is 0 Å². The summed E-state index contributed by atoms with van der Waals surface area (Å²) in [7, 11) is 0. The van der Waals surface area contributed by atoms with Crippen molar-refractivity contribution in [1.82, 2.24) is 0 Å². The van der Waals surface area contributed by atoms with Crippen molar-refractivity contribution in [3.8, 4) is 0 Å². The monoisotopic (exact) mass is 276 g/mol. The van der Waals surface area contributed by atoms with Crippen molar-refractivity contribution in [2.45, 2.75) is 64.7 Å². The normalized spacial score (nSPS) is 15.2. The lowest BCUT2D eigenvalue weighted by Gasteiger charge is -2.20. The molecule has 0 aliphatic heterocycles. The predicted octanol–water partition coefficient (Wildman–Crippen LogP) is 5.53. The summed E-state index contributed by atoms with van der Waals surface area (Å²) < 4.78 is 0. The Balaban J connectivity index is 0.000000204. The fraction of sp³-hybridized carbons (Fsp3) is 0.611. The number of aromatic carboxylic acids is 1. The van der Waals surface area contributed by atoms with Crippen LogP contribution in [0.15, 0.2) is 30.3 Å². The van der Waals surface area contributed by atoms with Gasteiger partial charge in [-0.1, -0.05) is 82.9 Å². The van der Waals surface area contributed by atoms with Gasteiger partial charge < -0.3 is 5.11 Å². The predicted molar refractivity (Wildman–Crippen MR) is 84.1 cm³/mol. The molecule has 1 N–H and O–H groups in total. The largest absolute Gasteiger partial charge is 0.478 e. The molecule has 1 saturated carbocycles. The molecule has 0 aromatic heterocycles. The molecule has 2 rings (SSSR count). The first-order chi connectivity index (χ1) is 9.74. The number of carboxylic acid groups (broad SMARTS) is 1. The molecule has 1 aromatic carbocycles. The van der Waals surface area contributed by atoms with Crippen LogP contribution in [-0.4, -0.2) is 11.1 Å². The summed E-state index contributed by atoms with van der Waals surface area (Å²) in [4.78, 5) is 10.2. The quantitative estimate of drug-likeness (QED) is 0.718. The highest BCUT2D eigenvalue weighted by molar-refractivity contribution is 5.87. The maximum atomic E-state index is 10.2. The molecule has 1 aliphatic carbocycles. The highest BCUT2D eigenvalue weighted by atomic mass is 16.4. The fourth-order valence-electron chi connectivity index (χ4n) is 2.74. The van der Waals surface area contributed by atoms with Crippen molar-refractivity contribution < 1.29 is 9.90 Å². The fourth-order valence-corrected chi connectivity index (χ4v) is 2.74. The summed E-state index contributed by atoms with van der Waals surface area (Å²) in [5.74, 6) is 0.228. The third kappa shape index (κ3) is 7.32. The zero-order chi connectivity index (χ0) is 14.6. The number of carbonyl (C=O) groups is 1. The van der Waals surface area contributed by atoms with Crippen LogP contribution in [0, 0.1) is 5.92 Å². The second-order valence-electron chi connectivity index (χ2n) is 5.67. The molecule has 1 aliphatic rings. The lowest BCUT2D eigenvalue weighted by molar-refractivity contribution is 0.0697. The van der Waals surface area contributed by atoms with Gasteiger partial charge in [0.2, 0.25) is 0 Å². The maximum Gasteiger partial charge on any atom is 0.335 e. The van der Waals surface area contributed by atoms with Gasteiger partial charge >= 0.3 is 5.97 Å². The van der Waals surface area contributed by atoms with Crippen molar-refractivity contribution in [2.24, 2.45) is 5.92 Å². The van der Waals surface area contributed by atoms with Crippen LogP contribution in [0.25, 0.3) is 0 Å². The molecule has 0 radical (unpaired) electrons. The van der Waals surface area contributed by atoms with E-state index in [9.17, 15) is 4.79 Å². The summed E-state index contributed by atoms with van der Waals surface area (Å²) in [6, 6.07) is 8.30. The molecular weight excluding hydrogens is 248 g/mol. The van der Waals surface area contributed by atoms with E-state index in [-0.39, 0.29) is 0 Å². The van der Waals surface area contributed by atoms with E-state index in [1.54, 1.807) is 30.3 Å². The van der Waals surface area contributed by atoms with Gasteiger partial charge in [0.05, 0.1) is 5.56 Å². The van der Waals surface area contributed by atoms with E-state index in [4.69, 9.17) is 5.11 Å². The molecular formula is C18H28O2. The van der Waals surface area contributed by atoms with Gasteiger partial charge in [-0.25, -0.2) is 4.79 Å². The lowest BCUT2D eigenvalue weighted by atomic mass is 9.86. The maximum absolute atomic E-state index is 10.2. The molecule has 0 spiro atoms. The van der Waals surface area contributed by atoms with E-state index in [1.807, 2.05) is 0 Å². The van der Waals surface area contributed by atoms with Crippen molar-refractivity contribution in [3.05, 3.63) is 35.9 Å². The van der Waals surface area contributed by atoms with E-state index < -0.39 is 5.97 Å². The second-order valence-corrected chi connectivity index (χ2v) is 5.67. The Morgan fingerprint density at radius 3 is 2.25 bits per heavy atom. The second kappa shape index (κ2) is 10.5. The van der Waals surface area contributed by atoms with Crippen LogP contribution in [0.2, 0.25) is 0 Å². The SMILES string of the molecule is CCCCCC1CCCCC1.O=C(O)c1ccccc1. The first-order valence-corrected chi connectivity index (χ1v) is 8.02. The van der Waals surface area contributed by atoms with Crippen molar-refractivity contribution in [3.63, 3.8) is 0 Å². The zero-order valence-electron chi connectivity index (χ0n) is 12.7. The first-order valence-electron chi connectivity index (χ1n) is 8.02. The van der Waals surface area contributed by atoms with Crippen molar-refractivity contribution in [1.29, 1.82) is 0 Å². The molecule has 0 atom stereocenters. The molecule has 2 nitrogen and oxygen atoms in total. The van der Waals surface area contributed by atoms with Gasteiger partial charge in [-0.3, -0.25) is 0 Å². The molecule has 1 fully saturated rings. The number of hydrogen-bond donors (Lipinski definition) is 1. The van der Waals surface area contributed by atoms with Crippen LogP contribution in [-0.2, 0) is 0 Å². The minimum atomic E-state index is -0.879. The third-order valence-electron chi connectivity index (χ3n) is 3.96. The van der Waals surface area contributed by atoms with E-state index >= 15 is 0 Å². The summed E-state index contributed by atoms with van der Waals surface area (Å²) >= 11 is 0. The minimum absolute atomic E-state index is 0.331. The summed E-state index contributed by atoms with van der Waals surface area (Å²) in [5.41, 5.74) is 0.331. The Morgan fingerprint density at radius 1 is 1.10 bits per heavy atom. The average Bonchev–Trinajstić information content (AvgIpc) is 2.50. The minimum Gasteiger partial charge on any atom is -0.478 e. The highest BCUT2D eigenvalue weighted by Gasteiger charge is 2.11. The third-order valence-corrected chi connectivity index (χ3v) is 3.96.